The number of halogens is 2. The Bertz CT molecular complexity index is 1730. The van der Waals surface area contributed by atoms with Gasteiger partial charge in [-0.1, -0.05) is 31.5 Å². The van der Waals surface area contributed by atoms with Crippen molar-refractivity contribution in [1.29, 1.82) is 0 Å². The Morgan fingerprint density at radius 1 is 1.22 bits per heavy atom. The SMILES string of the molecule is COc1c(F)cccc1-c1nc2c(cc1Cl)c(N1CCN(C(=O)O)CC1C)nc(=O)n2-c1c(C)ccnc1C(C)C. The zero-order valence-corrected chi connectivity index (χ0v) is 24.1. The first-order chi connectivity index (χ1) is 19.5. The van der Waals surface area contributed by atoms with Crippen molar-refractivity contribution in [1.82, 2.24) is 24.4 Å². The van der Waals surface area contributed by atoms with Crippen LogP contribution in [-0.4, -0.2) is 68.4 Å². The highest BCUT2D eigenvalue weighted by Crippen LogP contribution is 2.39. The van der Waals surface area contributed by atoms with Gasteiger partial charge in [0.15, 0.2) is 17.2 Å². The number of hydrogen-bond donors (Lipinski definition) is 1. The third-order valence-electron chi connectivity index (χ3n) is 7.32. The Morgan fingerprint density at radius 2 is 1.98 bits per heavy atom. The number of para-hydroxylation sites is 1. The number of carbonyl (C=O) groups is 1. The second-order valence-corrected chi connectivity index (χ2v) is 10.8. The Balaban J connectivity index is 1.85. The van der Waals surface area contributed by atoms with Crippen LogP contribution >= 0.6 is 11.6 Å². The van der Waals surface area contributed by atoms with Gasteiger partial charge in [0.1, 0.15) is 5.82 Å². The molecule has 0 radical (unpaired) electrons. The minimum Gasteiger partial charge on any atom is -0.493 e. The molecule has 1 aliphatic heterocycles. The summed E-state index contributed by atoms with van der Waals surface area (Å²) in [6.07, 6.45) is 0.691. The van der Waals surface area contributed by atoms with Gasteiger partial charge in [0.05, 0.1) is 34.6 Å². The maximum Gasteiger partial charge on any atom is 0.407 e. The van der Waals surface area contributed by atoms with E-state index >= 15 is 0 Å². The lowest BCUT2D eigenvalue weighted by molar-refractivity contribution is 0.136. The second-order valence-electron chi connectivity index (χ2n) is 10.4. The third kappa shape index (κ3) is 4.94. The van der Waals surface area contributed by atoms with E-state index in [9.17, 15) is 19.1 Å². The topological polar surface area (TPSA) is 114 Å². The predicted octanol–water partition coefficient (Wildman–Crippen LogP) is 5.26. The summed E-state index contributed by atoms with van der Waals surface area (Å²) in [4.78, 5) is 42.7. The second kappa shape index (κ2) is 11.0. The molecule has 10 nitrogen and oxygen atoms in total. The number of piperazine rings is 1. The molecule has 12 heteroatoms. The number of ether oxygens (including phenoxy) is 1. The first kappa shape index (κ1) is 28.3. The summed E-state index contributed by atoms with van der Waals surface area (Å²) in [5.41, 5.74) is 2.29. The molecular weight excluding hydrogens is 551 g/mol. The number of pyridine rings is 2. The zero-order chi connectivity index (χ0) is 29.6. The highest BCUT2D eigenvalue weighted by atomic mass is 35.5. The fourth-order valence-electron chi connectivity index (χ4n) is 5.35. The molecule has 41 heavy (non-hydrogen) atoms. The number of carboxylic acid groups (broad SMARTS) is 1. The van der Waals surface area contributed by atoms with Crippen LogP contribution in [0.3, 0.4) is 0 Å². The number of methoxy groups -OCH3 is 1. The quantitative estimate of drug-likeness (QED) is 0.340. The van der Waals surface area contributed by atoms with Crippen LogP contribution in [0.5, 0.6) is 5.75 Å². The van der Waals surface area contributed by atoms with Crippen molar-refractivity contribution in [2.24, 2.45) is 0 Å². The zero-order valence-electron chi connectivity index (χ0n) is 23.4. The third-order valence-corrected chi connectivity index (χ3v) is 7.61. The van der Waals surface area contributed by atoms with Gasteiger partial charge in [-0.2, -0.15) is 4.98 Å². The van der Waals surface area contributed by atoms with Crippen molar-refractivity contribution in [3.63, 3.8) is 0 Å². The highest BCUT2D eigenvalue weighted by molar-refractivity contribution is 6.34. The van der Waals surface area contributed by atoms with Gasteiger partial charge >= 0.3 is 11.8 Å². The lowest BCUT2D eigenvalue weighted by atomic mass is 10.0. The van der Waals surface area contributed by atoms with E-state index in [1.165, 1.54) is 28.7 Å². The van der Waals surface area contributed by atoms with Crippen molar-refractivity contribution in [2.75, 3.05) is 31.6 Å². The molecule has 4 aromatic rings. The molecule has 1 N–H and O–H groups in total. The number of anilines is 1. The Labute approximate surface area is 241 Å². The van der Waals surface area contributed by atoms with E-state index in [0.29, 0.717) is 34.7 Å². The maximum atomic E-state index is 14.7. The lowest BCUT2D eigenvalue weighted by Crippen LogP contribution is -2.54. The molecule has 1 fully saturated rings. The number of rotatable bonds is 5. The van der Waals surface area contributed by atoms with E-state index in [1.54, 1.807) is 18.3 Å². The first-order valence-corrected chi connectivity index (χ1v) is 13.6. The highest BCUT2D eigenvalue weighted by Gasteiger charge is 2.31. The smallest absolute Gasteiger partial charge is 0.407 e. The normalized spacial score (nSPS) is 15.6. The van der Waals surface area contributed by atoms with Crippen LogP contribution in [0, 0.1) is 12.7 Å². The number of benzene rings is 1. The molecule has 1 saturated heterocycles. The van der Waals surface area contributed by atoms with Gasteiger partial charge in [0.25, 0.3) is 0 Å². The van der Waals surface area contributed by atoms with Crippen molar-refractivity contribution < 1.29 is 19.0 Å². The molecule has 214 valence electrons. The monoisotopic (exact) mass is 580 g/mol. The minimum absolute atomic E-state index is 0.0225. The van der Waals surface area contributed by atoms with Crippen molar-refractivity contribution >= 4 is 34.5 Å². The number of fused-ring (bicyclic) bond motifs is 1. The van der Waals surface area contributed by atoms with Crippen LogP contribution in [0.25, 0.3) is 28.0 Å². The summed E-state index contributed by atoms with van der Waals surface area (Å²) in [5, 5.41) is 10.2. The minimum atomic E-state index is -1.00. The number of amides is 1. The molecule has 5 rings (SSSR count). The van der Waals surface area contributed by atoms with Gasteiger partial charge in [-0.3, -0.25) is 4.98 Å². The van der Waals surface area contributed by atoms with Gasteiger partial charge < -0.3 is 19.6 Å². The molecule has 0 bridgehead atoms. The molecule has 1 aromatic carbocycles. The summed E-state index contributed by atoms with van der Waals surface area (Å²) < 4.78 is 21.5. The Hall–Kier alpha value is -4.25. The standard InChI is InChI=1S/C29H30ClFN6O4/c1-15(2)22-24(16(3)9-10-32-22)37-27-19(13-20(30)23(33-27)18-7-6-8-21(31)25(18)41-5)26(34-28(37)38)36-12-11-35(29(39)40)14-17(36)4/h6-10,13,15,17H,11-12,14H2,1-5H3,(H,39,40). The number of aryl methyl sites for hydroxylation is 1. The average Bonchev–Trinajstić information content (AvgIpc) is 2.92. The fourth-order valence-corrected chi connectivity index (χ4v) is 5.60. The van der Waals surface area contributed by atoms with Crippen LogP contribution < -0.4 is 15.3 Å². The molecule has 1 atom stereocenters. The van der Waals surface area contributed by atoms with E-state index in [2.05, 4.69) is 9.97 Å². The largest absolute Gasteiger partial charge is 0.493 e. The molecule has 4 heterocycles. The summed E-state index contributed by atoms with van der Waals surface area (Å²) >= 11 is 6.81. The van der Waals surface area contributed by atoms with E-state index in [0.717, 1.165) is 5.56 Å². The number of aromatic nitrogens is 4. The summed E-state index contributed by atoms with van der Waals surface area (Å²) in [5.74, 6) is -0.279. The fraction of sp³-hybridized carbons (Fsp3) is 0.345. The molecule has 0 saturated carbocycles. The van der Waals surface area contributed by atoms with Crippen LogP contribution in [0.2, 0.25) is 5.02 Å². The Morgan fingerprint density at radius 3 is 2.63 bits per heavy atom. The van der Waals surface area contributed by atoms with E-state index in [-0.39, 0.29) is 47.2 Å². The van der Waals surface area contributed by atoms with Gasteiger partial charge in [-0.05, 0) is 49.6 Å². The first-order valence-electron chi connectivity index (χ1n) is 13.2. The molecule has 0 spiro atoms. The van der Waals surface area contributed by atoms with Crippen LogP contribution in [0.4, 0.5) is 15.0 Å². The Kier molecular flexibility index (Phi) is 7.56. The van der Waals surface area contributed by atoms with Crippen molar-refractivity contribution in [3.8, 4) is 22.7 Å². The van der Waals surface area contributed by atoms with Gasteiger partial charge in [0, 0.05) is 37.4 Å². The number of nitrogens with zero attached hydrogens (tertiary/aromatic N) is 6. The maximum absolute atomic E-state index is 14.7. The van der Waals surface area contributed by atoms with Gasteiger partial charge in [0.2, 0.25) is 0 Å². The van der Waals surface area contributed by atoms with Crippen LogP contribution in [0.1, 0.15) is 37.9 Å². The summed E-state index contributed by atoms with van der Waals surface area (Å²) in [7, 11) is 1.36. The molecule has 1 amide bonds. The number of hydrogen-bond acceptors (Lipinski definition) is 7. The van der Waals surface area contributed by atoms with E-state index < -0.39 is 17.6 Å². The van der Waals surface area contributed by atoms with E-state index in [1.807, 2.05) is 38.7 Å². The molecule has 1 aliphatic rings. The predicted molar refractivity (Wildman–Crippen MR) is 155 cm³/mol. The van der Waals surface area contributed by atoms with Crippen molar-refractivity contribution in [2.45, 2.75) is 39.7 Å². The average molecular weight is 581 g/mol. The summed E-state index contributed by atoms with van der Waals surface area (Å²) in [6, 6.07) is 7.66. The van der Waals surface area contributed by atoms with Crippen molar-refractivity contribution in [3.05, 3.63) is 69.1 Å². The van der Waals surface area contributed by atoms with Gasteiger partial charge in [-0.25, -0.2) is 23.5 Å². The molecule has 1 unspecified atom stereocenters. The molecular formula is C29H30ClFN6O4. The molecule has 0 aliphatic carbocycles. The van der Waals surface area contributed by atoms with E-state index in [4.69, 9.17) is 21.3 Å². The molecule has 3 aromatic heterocycles. The van der Waals surface area contributed by atoms with Crippen LogP contribution in [0.15, 0.2) is 41.3 Å². The van der Waals surface area contributed by atoms with Crippen LogP contribution in [-0.2, 0) is 0 Å². The summed E-state index contributed by atoms with van der Waals surface area (Å²) in [6.45, 7) is 8.52. The lowest BCUT2D eigenvalue weighted by Gasteiger charge is -2.39. The van der Waals surface area contributed by atoms with Gasteiger partial charge in [-0.15, -0.1) is 0 Å².